The number of halogens is 2. The van der Waals surface area contributed by atoms with E-state index in [9.17, 15) is 0 Å². The molecule has 0 spiro atoms. The quantitative estimate of drug-likeness (QED) is 0.905. The fraction of sp³-hybridized carbons (Fsp3) is 0.364. The minimum Gasteiger partial charge on any atom is -0.491 e. The number of amidine groups is 1. The van der Waals surface area contributed by atoms with Gasteiger partial charge in [-0.2, -0.15) is 0 Å². The zero-order chi connectivity index (χ0) is 11.5. The highest BCUT2D eigenvalue weighted by molar-refractivity contribution is 6.37. The van der Waals surface area contributed by atoms with Crippen LogP contribution >= 0.6 is 23.2 Å². The van der Waals surface area contributed by atoms with Crippen molar-refractivity contribution in [3.8, 4) is 5.75 Å². The first-order valence-corrected chi connectivity index (χ1v) is 5.88. The third-order valence-corrected chi connectivity index (χ3v) is 2.80. The second-order valence-corrected chi connectivity index (χ2v) is 4.17. The molecular weight excluding hydrogens is 247 g/mol. The maximum absolute atomic E-state index is 6.10. The van der Waals surface area contributed by atoms with Crippen LogP contribution < -0.4 is 10.1 Å². The summed E-state index contributed by atoms with van der Waals surface area (Å²) >= 11 is 12.2. The van der Waals surface area contributed by atoms with Crippen molar-refractivity contribution in [2.75, 3.05) is 19.7 Å². The van der Waals surface area contributed by atoms with Gasteiger partial charge in [0.05, 0.1) is 23.2 Å². The van der Waals surface area contributed by atoms with E-state index in [-0.39, 0.29) is 0 Å². The summed E-state index contributed by atoms with van der Waals surface area (Å²) in [5.74, 6) is 1.38. The molecule has 1 aliphatic heterocycles. The van der Waals surface area contributed by atoms with Crippen molar-refractivity contribution in [1.82, 2.24) is 5.32 Å². The van der Waals surface area contributed by atoms with E-state index >= 15 is 0 Å². The summed E-state index contributed by atoms with van der Waals surface area (Å²) in [7, 11) is 0. The summed E-state index contributed by atoms with van der Waals surface area (Å²) in [6.45, 7) is 4.08. The van der Waals surface area contributed by atoms with Gasteiger partial charge in [0.1, 0.15) is 5.84 Å². The number of benzene rings is 1. The zero-order valence-electron chi connectivity index (χ0n) is 8.89. The summed E-state index contributed by atoms with van der Waals surface area (Å²) in [6.07, 6.45) is 0. The lowest BCUT2D eigenvalue weighted by molar-refractivity contribution is 0.340. The maximum Gasteiger partial charge on any atom is 0.156 e. The number of hydrogen-bond acceptors (Lipinski definition) is 3. The molecule has 5 heteroatoms. The van der Waals surface area contributed by atoms with Gasteiger partial charge < -0.3 is 10.1 Å². The second-order valence-electron chi connectivity index (χ2n) is 3.36. The lowest BCUT2D eigenvalue weighted by Gasteiger charge is -2.10. The molecule has 0 unspecified atom stereocenters. The van der Waals surface area contributed by atoms with Crippen LogP contribution in [0.3, 0.4) is 0 Å². The highest BCUT2D eigenvalue weighted by Crippen LogP contribution is 2.34. The predicted molar refractivity (Wildman–Crippen MR) is 67.0 cm³/mol. The number of rotatable bonds is 3. The van der Waals surface area contributed by atoms with Gasteiger partial charge in [0.25, 0.3) is 0 Å². The molecule has 0 fully saturated rings. The van der Waals surface area contributed by atoms with E-state index in [1.807, 2.05) is 19.1 Å². The molecule has 1 aromatic carbocycles. The molecule has 0 aliphatic carbocycles. The van der Waals surface area contributed by atoms with Gasteiger partial charge in [-0.05, 0) is 19.1 Å². The van der Waals surface area contributed by atoms with Crippen molar-refractivity contribution in [2.24, 2.45) is 4.99 Å². The van der Waals surface area contributed by atoms with Crippen molar-refractivity contribution in [3.63, 3.8) is 0 Å². The number of nitrogens with one attached hydrogen (secondary N) is 1. The minimum absolute atomic E-state index is 0.515. The topological polar surface area (TPSA) is 33.6 Å². The van der Waals surface area contributed by atoms with Gasteiger partial charge in [-0.1, -0.05) is 23.2 Å². The van der Waals surface area contributed by atoms with Crippen LogP contribution in [0.5, 0.6) is 5.75 Å². The first kappa shape index (κ1) is 11.6. The lowest BCUT2D eigenvalue weighted by Crippen LogP contribution is -2.19. The van der Waals surface area contributed by atoms with Gasteiger partial charge in [-0.3, -0.25) is 4.99 Å². The van der Waals surface area contributed by atoms with Gasteiger partial charge >= 0.3 is 0 Å². The van der Waals surface area contributed by atoms with E-state index in [1.54, 1.807) is 0 Å². The average Bonchev–Trinajstić information content (AvgIpc) is 2.76. The van der Waals surface area contributed by atoms with Crippen LogP contribution in [-0.4, -0.2) is 25.5 Å². The molecule has 1 aromatic rings. The first-order chi connectivity index (χ1) is 7.72. The minimum atomic E-state index is 0.515. The smallest absolute Gasteiger partial charge is 0.156 e. The van der Waals surface area contributed by atoms with Crippen LogP contribution in [0.2, 0.25) is 10.0 Å². The van der Waals surface area contributed by atoms with Crippen molar-refractivity contribution in [2.45, 2.75) is 6.92 Å². The first-order valence-electron chi connectivity index (χ1n) is 5.13. The summed E-state index contributed by atoms with van der Waals surface area (Å²) in [4.78, 5) is 4.31. The van der Waals surface area contributed by atoms with E-state index in [0.717, 1.165) is 24.5 Å². The summed E-state index contributed by atoms with van der Waals surface area (Å²) in [5.41, 5.74) is 0.899. The van der Waals surface area contributed by atoms with E-state index < -0.39 is 0 Å². The van der Waals surface area contributed by atoms with Crippen LogP contribution in [0.1, 0.15) is 12.5 Å². The van der Waals surface area contributed by atoms with Gasteiger partial charge in [0.2, 0.25) is 0 Å². The fourth-order valence-corrected chi connectivity index (χ4v) is 2.17. The van der Waals surface area contributed by atoms with E-state index in [2.05, 4.69) is 10.3 Å². The molecule has 0 amide bonds. The van der Waals surface area contributed by atoms with E-state index in [0.29, 0.717) is 22.4 Å². The van der Waals surface area contributed by atoms with Crippen LogP contribution in [0.4, 0.5) is 0 Å². The maximum atomic E-state index is 6.10. The van der Waals surface area contributed by atoms with Gasteiger partial charge in [0, 0.05) is 12.1 Å². The molecule has 16 heavy (non-hydrogen) atoms. The number of nitrogens with zero attached hydrogens (tertiary/aromatic N) is 1. The molecule has 3 nitrogen and oxygen atoms in total. The average molecular weight is 259 g/mol. The molecular formula is C11H12Cl2N2O. The predicted octanol–water partition coefficient (Wildman–Crippen LogP) is 2.74. The van der Waals surface area contributed by atoms with Crippen LogP contribution in [-0.2, 0) is 0 Å². The van der Waals surface area contributed by atoms with Gasteiger partial charge in [-0.15, -0.1) is 0 Å². The Hall–Kier alpha value is -0.930. The summed E-state index contributed by atoms with van der Waals surface area (Å²) in [5, 5.41) is 4.20. The molecule has 0 saturated heterocycles. The number of hydrogen-bond donors (Lipinski definition) is 1. The highest BCUT2D eigenvalue weighted by Gasteiger charge is 2.14. The Labute approximate surface area is 104 Å². The van der Waals surface area contributed by atoms with Gasteiger partial charge in [0.15, 0.2) is 5.75 Å². The monoisotopic (exact) mass is 258 g/mol. The van der Waals surface area contributed by atoms with Crippen LogP contribution in [0.15, 0.2) is 17.1 Å². The Bertz CT molecular complexity index is 409. The number of aliphatic imine (C=N–C) groups is 1. The Balaban J connectivity index is 2.36. The van der Waals surface area contributed by atoms with Crippen molar-refractivity contribution in [3.05, 3.63) is 27.7 Å². The Morgan fingerprint density at radius 1 is 1.38 bits per heavy atom. The number of ether oxygens (including phenoxy) is 1. The summed E-state index contributed by atoms with van der Waals surface area (Å²) < 4.78 is 5.36. The van der Waals surface area contributed by atoms with E-state index in [1.165, 1.54) is 0 Å². The van der Waals surface area contributed by atoms with Crippen LogP contribution in [0.25, 0.3) is 0 Å². The standard InChI is InChI=1S/C11H12Cl2N2O/c1-2-16-10-8(12)5-7(6-9(10)13)11-14-3-4-15-11/h5-6H,2-4H2,1H3,(H,14,15). The third-order valence-electron chi connectivity index (χ3n) is 2.23. The Kier molecular flexibility index (Phi) is 3.56. The summed E-state index contributed by atoms with van der Waals surface area (Å²) in [6, 6.07) is 3.63. The molecule has 0 saturated carbocycles. The van der Waals surface area contributed by atoms with Crippen molar-refractivity contribution < 1.29 is 4.74 Å². The molecule has 2 rings (SSSR count). The Morgan fingerprint density at radius 2 is 2.06 bits per heavy atom. The largest absolute Gasteiger partial charge is 0.491 e. The molecule has 1 aliphatic rings. The zero-order valence-corrected chi connectivity index (χ0v) is 10.4. The van der Waals surface area contributed by atoms with Gasteiger partial charge in [-0.25, -0.2) is 0 Å². The molecule has 0 aromatic heterocycles. The van der Waals surface area contributed by atoms with E-state index in [4.69, 9.17) is 27.9 Å². The fourth-order valence-electron chi connectivity index (χ4n) is 1.57. The highest BCUT2D eigenvalue weighted by atomic mass is 35.5. The third kappa shape index (κ3) is 2.25. The molecule has 1 N–H and O–H groups in total. The molecule has 0 radical (unpaired) electrons. The molecule has 0 atom stereocenters. The Morgan fingerprint density at radius 3 is 2.56 bits per heavy atom. The lowest BCUT2D eigenvalue weighted by atomic mass is 10.2. The van der Waals surface area contributed by atoms with Crippen LogP contribution in [0, 0.1) is 0 Å². The SMILES string of the molecule is CCOc1c(Cl)cc(C2=NCCN2)cc1Cl. The van der Waals surface area contributed by atoms with Crippen molar-refractivity contribution >= 4 is 29.0 Å². The normalized spacial score (nSPS) is 14.6. The molecule has 1 heterocycles. The van der Waals surface area contributed by atoms with Crippen molar-refractivity contribution in [1.29, 1.82) is 0 Å². The molecule has 0 bridgehead atoms. The molecule has 86 valence electrons. The second kappa shape index (κ2) is 4.93.